The minimum atomic E-state index is -1.05. The molecule has 0 aliphatic rings. The Morgan fingerprint density at radius 3 is 2.50 bits per heavy atom. The second-order valence-corrected chi connectivity index (χ2v) is 4.82. The molecule has 1 aromatic carbocycles. The molecule has 110 valence electrons. The van der Waals surface area contributed by atoms with E-state index in [0.717, 1.165) is 0 Å². The molecule has 0 unspecified atom stereocenters. The lowest BCUT2D eigenvalue weighted by molar-refractivity contribution is -0.139. The highest BCUT2D eigenvalue weighted by Gasteiger charge is 2.21. The van der Waals surface area contributed by atoms with Crippen LogP contribution in [0.2, 0.25) is 0 Å². The van der Waals surface area contributed by atoms with Crippen molar-refractivity contribution in [3.8, 4) is 5.75 Å². The molecule has 0 aliphatic heterocycles. The van der Waals surface area contributed by atoms with E-state index in [1.165, 1.54) is 7.11 Å². The van der Waals surface area contributed by atoms with Crippen LogP contribution in [0.3, 0.4) is 0 Å². The van der Waals surface area contributed by atoms with Gasteiger partial charge < -0.3 is 20.5 Å². The van der Waals surface area contributed by atoms with Crippen molar-refractivity contribution in [2.75, 3.05) is 12.4 Å². The molecule has 2 amide bonds. The minimum absolute atomic E-state index is 0.169. The number of rotatable bonds is 6. The molecule has 3 N–H and O–H groups in total. The Labute approximate surface area is 118 Å². The van der Waals surface area contributed by atoms with Crippen molar-refractivity contribution < 1.29 is 19.4 Å². The summed E-state index contributed by atoms with van der Waals surface area (Å²) in [5, 5.41) is 14.1. The highest BCUT2D eigenvalue weighted by molar-refractivity contribution is 5.93. The SMILES string of the molecule is COc1ccccc1NC(=O)N[C@@H](CC(C)C)C(=O)O. The summed E-state index contributed by atoms with van der Waals surface area (Å²) in [7, 11) is 1.50. The first-order valence-corrected chi connectivity index (χ1v) is 6.37. The summed E-state index contributed by atoms with van der Waals surface area (Å²) in [6, 6.07) is 5.43. The molecule has 1 aromatic rings. The van der Waals surface area contributed by atoms with Crippen molar-refractivity contribution in [1.29, 1.82) is 0 Å². The summed E-state index contributed by atoms with van der Waals surface area (Å²) >= 11 is 0. The fourth-order valence-electron chi connectivity index (χ4n) is 1.76. The van der Waals surface area contributed by atoms with Crippen LogP contribution in [0.5, 0.6) is 5.75 Å². The first kappa shape index (κ1) is 15.8. The quantitative estimate of drug-likeness (QED) is 0.746. The fourth-order valence-corrected chi connectivity index (χ4v) is 1.76. The predicted molar refractivity (Wildman–Crippen MR) is 76.0 cm³/mol. The average molecular weight is 280 g/mol. The number of carboxylic acid groups (broad SMARTS) is 1. The van der Waals surface area contributed by atoms with E-state index in [9.17, 15) is 9.59 Å². The van der Waals surface area contributed by atoms with Crippen LogP contribution in [0.4, 0.5) is 10.5 Å². The molecule has 0 aromatic heterocycles. The fraction of sp³-hybridized carbons (Fsp3) is 0.429. The smallest absolute Gasteiger partial charge is 0.326 e. The maximum Gasteiger partial charge on any atom is 0.326 e. The van der Waals surface area contributed by atoms with Crippen LogP contribution in [-0.2, 0) is 4.79 Å². The van der Waals surface area contributed by atoms with E-state index < -0.39 is 18.0 Å². The summed E-state index contributed by atoms with van der Waals surface area (Å²) in [6.07, 6.45) is 0.370. The van der Waals surface area contributed by atoms with Gasteiger partial charge in [-0.2, -0.15) is 0 Å². The maximum absolute atomic E-state index is 11.8. The number of urea groups is 1. The zero-order chi connectivity index (χ0) is 15.1. The first-order chi connectivity index (χ1) is 9.43. The lowest BCUT2D eigenvalue weighted by atomic mass is 10.0. The topological polar surface area (TPSA) is 87.7 Å². The zero-order valence-electron chi connectivity index (χ0n) is 11.8. The standard InChI is InChI=1S/C14H20N2O4/c1-9(2)8-11(13(17)18)16-14(19)15-10-6-4-5-7-12(10)20-3/h4-7,9,11H,8H2,1-3H3,(H,17,18)(H2,15,16,19)/t11-/m0/s1. The van der Waals surface area contributed by atoms with Crippen LogP contribution >= 0.6 is 0 Å². The third-order valence-corrected chi connectivity index (χ3v) is 2.67. The van der Waals surface area contributed by atoms with Crippen molar-refractivity contribution in [2.24, 2.45) is 5.92 Å². The van der Waals surface area contributed by atoms with E-state index in [-0.39, 0.29) is 5.92 Å². The summed E-state index contributed by atoms with van der Waals surface area (Å²) in [6.45, 7) is 3.80. The van der Waals surface area contributed by atoms with Gasteiger partial charge in [0, 0.05) is 0 Å². The van der Waals surface area contributed by atoms with Crippen molar-refractivity contribution in [1.82, 2.24) is 5.32 Å². The Morgan fingerprint density at radius 2 is 1.95 bits per heavy atom. The number of ether oxygens (including phenoxy) is 1. The number of carbonyl (C=O) groups excluding carboxylic acids is 1. The average Bonchev–Trinajstić information content (AvgIpc) is 2.37. The van der Waals surface area contributed by atoms with E-state index in [1.54, 1.807) is 24.3 Å². The van der Waals surface area contributed by atoms with Crippen molar-refractivity contribution >= 4 is 17.7 Å². The number of hydrogen-bond acceptors (Lipinski definition) is 3. The van der Waals surface area contributed by atoms with Crippen molar-refractivity contribution in [3.63, 3.8) is 0 Å². The molecule has 20 heavy (non-hydrogen) atoms. The Hall–Kier alpha value is -2.24. The monoisotopic (exact) mass is 280 g/mol. The Balaban J connectivity index is 2.68. The number of hydrogen-bond donors (Lipinski definition) is 3. The van der Waals surface area contributed by atoms with E-state index in [4.69, 9.17) is 9.84 Å². The molecule has 0 heterocycles. The van der Waals surface area contributed by atoms with Crippen LogP contribution in [0.1, 0.15) is 20.3 Å². The highest BCUT2D eigenvalue weighted by atomic mass is 16.5. The van der Waals surface area contributed by atoms with Gasteiger partial charge in [-0.25, -0.2) is 9.59 Å². The Kier molecular flexibility index (Phi) is 5.83. The van der Waals surface area contributed by atoms with Crippen molar-refractivity contribution in [3.05, 3.63) is 24.3 Å². The Morgan fingerprint density at radius 1 is 1.30 bits per heavy atom. The zero-order valence-corrected chi connectivity index (χ0v) is 11.8. The maximum atomic E-state index is 11.8. The van der Waals surface area contributed by atoms with Crippen LogP contribution < -0.4 is 15.4 Å². The van der Waals surface area contributed by atoms with Gasteiger partial charge in [-0.15, -0.1) is 0 Å². The van der Waals surface area contributed by atoms with Gasteiger partial charge in [-0.1, -0.05) is 26.0 Å². The Bertz CT molecular complexity index is 474. The molecule has 0 bridgehead atoms. The summed E-state index contributed by atoms with van der Waals surface area (Å²) in [5.74, 6) is -0.366. The molecule has 0 spiro atoms. The van der Waals surface area contributed by atoms with E-state index in [0.29, 0.717) is 17.9 Å². The summed E-state index contributed by atoms with van der Waals surface area (Å²) in [4.78, 5) is 22.9. The van der Waals surface area contributed by atoms with Crippen LogP contribution in [-0.4, -0.2) is 30.3 Å². The number of carbonyl (C=O) groups is 2. The van der Waals surface area contributed by atoms with Gasteiger partial charge in [0.1, 0.15) is 11.8 Å². The first-order valence-electron chi connectivity index (χ1n) is 6.37. The summed E-state index contributed by atoms with van der Waals surface area (Å²) in [5.41, 5.74) is 0.487. The van der Waals surface area contributed by atoms with Gasteiger partial charge in [0.15, 0.2) is 0 Å². The lowest BCUT2D eigenvalue weighted by Gasteiger charge is -2.17. The van der Waals surface area contributed by atoms with Gasteiger partial charge in [0.05, 0.1) is 12.8 Å². The number of benzene rings is 1. The van der Waals surface area contributed by atoms with Gasteiger partial charge >= 0.3 is 12.0 Å². The third kappa shape index (κ3) is 4.79. The molecule has 6 nitrogen and oxygen atoms in total. The number of nitrogens with one attached hydrogen (secondary N) is 2. The van der Waals surface area contributed by atoms with E-state index in [2.05, 4.69) is 10.6 Å². The third-order valence-electron chi connectivity index (χ3n) is 2.67. The van der Waals surface area contributed by atoms with Gasteiger partial charge in [-0.3, -0.25) is 0 Å². The number of anilines is 1. The van der Waals surface area contributed by atoms with Gasteiger partial charge in [0.2, 0.25) is 0 Å². The number of carboxylic acids is 1. The van der Waals surface area contributed by atoms with Crippen molar-refractivity contribution in [2.45, 2.75) is 26.3 Å². The second kappa shape index (κ2) is 7.37. The molecule has 0 aliphatic carbocycles. The molecular weight excluding hydrogens is 260 g/mol. The molecule has 1 atom stereocenters. The molecule has 6 heteroatoms. The van der Waals surface area contributed by atoms with E-state index in [1.807, 2.05) is 13.8 Å². The van der Waals surface area contributed by atoms with E-state index >= 15 is 0 Å². The van der Waals surface area contributed by atoms with Gasteiger partial charge in [0.25, 0.3) is 0 Å². The largest absolute Gasteiger partial charge is 0.495 e. The molecule has 0 radical (unpaired) electrons. The normalized spacial score (nSPS) is 11.8. The second-order valence-electron chi connectivity index (χ2n) is 4.82. The van der Waals surface area contributed by atoms with Crippen LogP contribution in [0.25, 0.3) is 0 Å². The molecule has 0 fully saturated rings. The minimum Gasteiger partial charge on any atom is -0.495 e. The molecule has 1 rings (SSSR count). The van der Waals surface area contributed by atoms with Crippen LogP contribution in [0.15, 0.2) is 24.3 Å². The molecular formula is C14H20N2O4. The van der Waals surface area contributed by atoms with Crippen LogP contribution in [0, 0.1) is 5.92 Å². The predicted octanol–water partition coefficient (Wildman–Crippen LogP) is 2.32. The molecule has 0 saturated heterocycles. The number of methoxy groups -OCH3 is 1. The summed E-state index contributed by atoms with van der Waals surface area (Å²) < 4.78 is 5.10. The number of para-hydroxylation sites is 2. The molecule has 0 saturated carbocycles. The highest BCUT2D eigenvalue weighted by Crippen LogP contribution is 2.22. The number of amides is 2. The lowest BCUT2D eigenvalue weighted by Crippen LogP contribution is -2.43. The number of aliphatic carboxylic acids is 1. The van der Waals surface area contributed by atoms with Gasteiger partial charge in [-0.05, 0) is 24.5 Å².